The molecule has 0 amide bonds. The Morgan fingerprint density at radius 3 is 2.65 bits per heavy atom. The van der Waals surface area contributed by atoms with Crippen molar-refractivity contribution < 1.29 is 14.4 Å². The third kappa shape index (κ3) is 3.49. The molecular formula is C11H14ClNO4. The van der Waals surface area contributed by atoms with Gasteiger partial charge in [0.05, 0.1) is 24.7 Å². The topological polar surface area (TPSA) is 61.6 Å². The number of rotatable bonds is 6. The largest absolute Gasteiger partial charge is 0.493 e. The molecule has 1 aromatic rings. The van der Waals surface area contributed by atoms with Gasteiger partial charge in [-0.1, -0.05) is 24.9 Å². The summed E-state index contributed by atoms with van der Waals surface area (Å²) in [5, 5.41) is 10.8. The van der Waals surface area contributed by atoms with Crippen molar-refractivity contribution in [3.05, 3.63) is 27.3 Å². The smallest absolute Gasteiger partial charge is 0.291 e. The molecule has 0 bridgehead atoms. The molecule has 0 fully saturated rings. The summed E-state index contributed by atoms with van der Waals surface area (Å²) in [4.78, 5) is 10.2. The van der Waals surface area contributed by atoms with Gasteiger partial charge in [-0.2, -0.15) is 0 Å². The molecule has 0 unspecified atom stereocenters. The van der Waals surface area contributed by atoms with Crippen LogP contribution >= 0.6 is 11.6 Å². The molecule has 0 aliphatic heterocycles. The highest BCUT2D eigenvalue weighted by Gasteiger charge is 2.18. The van der Waals surface area contributed by atoms with E-state index >= 15 is 0 Å². The Hall–Kier alpha value is -1.49. The van der Waals surface area contributed by atoms with Crippen molar-refractivity contribution in [1.29, 1.82) is 0 Å². The van der Waals surface area contributed by atoms with Crippen LogP contribution in [0.25, 0.3) is 0 Å². The second-order valence-corrected chi connectivity index (χ2v) is 3.82. The van der Waals surface area contributed by atoms with Crippen LogP contribution in [-0.4, -0.2) is 18.6 Å². The molecule has 0 saturated heterocycles. The maximum atomic E-state index is 10.7. The minimum atomic E-state index is -0.547. The molecule has 0 radical (unpaired) electrons. The summed E-state index contributed by atoms with van der Waals surface area (Å²) in [6, 6.07) is 2.68. The minimum absolute atomic E-state index is 0.0368. The molecule has 5 nitrogen and oxygen atoms in total. The van der Waals surface area contributed by atoms with Crippen LogP contribution in [0.1, 0.15) is 19.8 Å². The fraction of sp³-hybridized carbons (Fsp3) is 0.455. The van der Waals surface area contributed by atoms with Gasteiger partial charge in [0.15, 0.2) is 11.5 Å². The van der Waals surface area contributed by atoms with Gasteiger partial charge in [0.2, 0.25) is 0 Å². The Balaban J connectivity index is 2.99. The van der Waals surface area contributed by atoms with E-state index in [1.807, 2.05) is 6.92 Å². The number of hydrogen-bond acceptors (Lipinski definition) is 4. The second-order valence-electron chi connectivity index (χ2n) is 3.41. The van der Waals surface area contributed by atoms with Gasteiger partial charge in [-0.05, 0) is 6.42 Å². The predicted octanol–water partition coefficient (Wildman–Crippen LogP) is 3.44. The molecule has 6 heteroatoms. The van der Waals surface area contributed by atoms with Crippen LogP contribution in [0.3, 0.4) is 0 Å². The van der Waals surface area contributed by atoms with Gasteiger partial charge >= 0.3 is 0 Å². The number of benzene rings is 1. The van der Waals surface area contributed by atoms with E-state index in [0.717, 1.165) is 12.8 Å². The van der Waals surface area contributed by atoms with E-state index in [1.165, 1.54) is 19.2 Å². The van der Waals surface area contributed by atoms with Crippen molar-refractivity contribution >= 4 is 17.3 Å². The zero-order valence-corrected chi connectivity index (χ0v) is 10.5. The lowest BCUT2D eigenvalue weighted by Crippen LogP contribution is -2.00. The Kier molecular flexibility index (Phi) is 5.03. The number of nitrogens with zero attached hydrogens (tertiary/aromatic N) is 1. The summed E-state index contributed by atoms with van der Waals surface area (Å²) in [5.41, 5.74) is -0.182. The van der Waals surface area contributed by atoms with E-state index in [9.17, 15) is 10.1 Å². The van der Waals surface area contributed by atoms with Crippen LogP contribution in [0.2, 0.25) is 5.02 Å². The van der Waals surface area contributed by atoms with E-state index in [0.29, 0.717) is 18.1 Å². The van der Waals surface area contributed by atoms with Gasteiger partial charge < -0.3 is 9.47 Å². The van der Waals surface area contributed by atoms with E-state index in [1.54, 1.807) is 0 Å². The van der Waals surface area contributed by atoms with Crippen molar-refractivity contribution in [2.45, 2.75) is 19.8 Å². The number of unbranched alkanes of at least 4 members (excludes halogenated alkanes) is 1. The standard InChI is InChI=1S/C11H14ClNO4/c1-3-4-5-17-11-7-9(13(14)15)8(12)6-10(11)16-2/h6-7H,3-5H2,1-2H3. The molecule has 0 spiro atoms. The molecule has 0 N–H and O–H groups in total. The maximum absolute atomic E-state index is 10.7. The molecule has 0 aliphatic carbocycles. The van der Waals surface area contributed by atoms with Crippen LogP contribution in [0.5, 0.6) is 11.5 Å². The molecular weight excluding hydrogens is 246 g/mol. The Labute approximate surface area is 104 Å². The quantitative estimate of drug-likeness (QED) is 0.446. The van der Waals surface area contributed by atoms with Gasteiger partial charge in [0, 0.05) is 6.07 Å². The van der Waals surface area contributed by atoms with Gasteiger partial charge in [-0.3, -0.25) is 10.1 Å². The Morgan fingerprint density at radius 2 is 2.12 bits per heavy atom. The SMILES string of the molecule is CCCCOc1cc([N+](=O)[O-])c(Cl)cc1OC. The lowest BCUT2D eigenvalue weighted by molar-refractivity contribution is -0.384. The van der Waals surface area contributed by atoms with Crippen molar-refractivity contribution in [2.24, 2.45) is 0 Å². The van der Waals surface area contributed by atoms with Crippen molar-refractivity contribution in [1.82, 2.24) is 0 Å². The molecule has 0 heterocycles. The number of nitro groups is 1. The highest BCUT2D eigenvalue weighted by atomic mass is 35.5. The van der Waals surface area contributed by atoms with Crippen LogP contribution in [-0.2, 0) is 0 Å². The molecule has 0 aliphatic rings. The zero-order valence-electron chi connectivity index (χ0n) is 9.73. The Bertz CT molecular complexity index is 409. The summed E-state index contributed by atoms with van der Waals surface area (Å²) in [5.74, 6) is 0.744. The van der Waals surface area contributed by atoms with Crippen LogP contribution < -0.4 is 9.47 Å². The molecule has 0 saturated carbocycles. The number of hydrogen-bond donors (Lipinski definition) is 0. The molecule has 94 valence electrons. The first kappa shape index (κ1) is 13.6. The fourth-order valence-corrected chi connectivity index (χ4v) is 1.49. The van der Waals surface area contributed by atoms with Crippen molar-refractivity contribution in [2.75, 3.05) is 13.7 Å². The number of ether oxygens (including phenoxy) is 2. The van der Waals surface area contributed by atoms with E-state index < -0.39 is 4.92 Å². The number of nitro benzene ring substituents is 1. The van der Waals surface area contributed by atoms with Gasteiger partial charge in [0.25, 0.3) is 5.69 Å². The number of halogens is 1. The first-order valence-corrected chi connectivity index (χ1v) is 5.62. The normalized spacial score (nSPS) is 10.1. The van der Waals surface area contributed by atoms with Crippen LogP contribution in [0, 0.1) is 10.1 Å². The van der Waals surface area contributed by atoms with Gasteiger partial charge in [0.1, 0.15) is 5.02 Å². The van der Waals surface area contributed by atoms with Gasteiger partial charge in [-0.15, -0.1) is 0 Å². The monoisotopic (exact) mass is 259 g/mol. The van der Waals surface area contributed by atoms with E-state index in [4.69, 9.17) is 21.1 Å². The molecule has 0 atom stereocenters. The highest BCUT2D eigenvalue weighted by molar-refractivity contribution is 6.32. The first-order chi connectivity index (χ1) is 8.10. The summed E-state index contributed by atoms with van der Waals surface area (Å²) < 4.78 is 10.5. The van der Waals surface area contributed by atoms with Crippen LogP contribution in [0.15, 0.2) is 12.1 Å². The molecule has 0 aromatic heterocycles. The summed E-state index contributed by atoms with van der Waals surface area (Å²) in [6.07, 6.45) is 1.86. The predicted molar refractivity (Wildman–Crippen MR) is 65.1 cm³/mol. The fourth-order valence-electron chi connectivity index (χ4n) is 1.26. The van der Waals surface area contributed by atoms with Crippen LogP contribution in [0.4, 0.5) is 5.69 Å². The zero-order chi connectivity index (χ0) is 12.8. The number of methoxy groups -OCH3 is 1. The maximum Gasteiger partial charge on any atom is 0.291 e. The lowest BCUT2D eigenvalue weighted by atomic mass is 10.2. The molecule has 17 heavy (non-hydrogen) atoms. The third-order valence-electron chi connectivity index (χ3n) is 2.19. The van der Waals surface area contributed by atoms with E-state index in [-0.39, 0.29) is 10.7 Å². The third-order valence-corrected chi connectivity index (χ3v) is 2.49. The summed E-state index contributed by atoms with van der Waals surface area (Å²) in [7, 11) is 1.46. The first-order valence-electron chi connectivity index (χ1n) is 5.24. The average molecular weight is 260 g/mol. The molecule has 1 aromatic carbocycles. The Morgan fingerprint density at radius 1 is 1.41 bits per heavy atom. The summed E-state index contributed by atoms with van der Waals surface area (Å²) in [6.45, 7) is 2.52. The highest BCUT2D eigenvalue weighted by Crippen LogP contribution is 2.37. The van der Waals surface area contributed by atoms with E-state index in [2.05, 4.69) is 0 Å². The minimum Gasteiger partial charge on any atom is -0.493 e. The lowest BCUT2D eigenvalue weighted by Gasteiger charge is -2.10. The van der Waals surface area contributed by atoms with Crippen molar-refractivity contribution in [3.8, 4) is 11.5 Å². The second kappa shape index (κ2) is 6.30. The summed E-state index contributed by atoms with van der Waals surface area (Å²) >= 11 is 5.76. The van der Waals surface area contributed by atoms with Gasteiger partial charge in [-0.25, -0.2) is 0 Å². The average Bonchev–Trinajstić information content (AvgIpc) is 2.30. The van der Waals surface area contributed by atoms with Crippen molar-refractivity contribution in [3.63, 3.8) is 0 Å². The molecule has 1 rings (SSSR count).